The molecule has 41 heavy (non-hydrogen) atoms. The molecule has 3 aliphatic rings. The van der Waals surface area contributed by atoms with Gasteiger partial charge >= 0.3 is 6.03 Å². The number of anilines is 3. The summed E-state index contributed by atoms with van der Waals surface area (Å²) < 4.78 is 1.92. The van der Waals surface area contributed by atoms with Gasteiger partial charge < -0.3 is 15.0 Å². The average molecular weight is 553 g/mol. The fourth-order valence-corrected chi connectivity index (χ4v) is 5.26. The molecule has 13 heteroatoms. The lowest BCUT2D eigenvalue weighted by Gasteiger charge is -2.17. The van der Waals surface area contributed by atoms with Gasteiger partial charge in [0.2, 0.25) is 11.8 Å². The molecule has 208 valence electrons. The Morgan fingerprint density at radius 1 is 1.07 bits per heavy atom. The zero-order valence-corrected chi connectivity index (χ0v) is 22.6. The van der Waals surface area contributed by atoms with Crippen molar-refractivity contribution >= 4 is 40.8 Å². The molecule has 2 atom stereocenters. The molecule has 0 bridgehead atoms. The van der Waals surface area contributed by atoms with Gasteiger partial charge in [0.05, 0.1) is 29.3 Å². The topological polar surface area (TPSA) is 151 Å². The van der Waals surface area contributed by atoms with Crippen molar-refractivity contribution in [1.82, 2.24) is 34.2 Å². The van der Waals surface area contributed by atoms with E-state index in [9.17, 15) is 14.4 Å². The van der Waals surface area contributed by atoms with E-state index < -0.39 is 0 Å². The molecular weight excluding hydrogens is 524 g/mol. The van der Waals surface area contributed by atoms with Crippen molar-refractivity contribution in [2.24, 2.45) is 5.92 Å². The molecule has 4 aromatic heterocycles. The molecule has 5 heterocycles. The van der Waals surface area contributed by atoms with Crippen LogP contribution >= 0.6 is 0 Å². The summed E-state index contributed by atoms with van der Waals surface area (Å²) in [5, 5.41) is 6.13. The van der Waals surface area contributed by atoms with Crippen LogP contribution in [0.4, 0.5) is 22.1 Å². The lowest BCUT2D eigenvalue weighted by atomic mass is 10.1. The third-order valence-corrected chi connectivity index (χ3v) is 7.78. The number of nitrogens with one attached hydrogen (secondary N) is 2. The van der Waals surface area contributed by atoms with E-state index in [0.717, 1.165) is 46.8 Å². The third-order valence-electron chi connectivity index (χ3n) is 7.78. The summed E-state index contributed by atoms with van der Waals surface area (Å²) in [6.45, 7) is 2.23. The van der Waals surface area contributed by atoms with Gasteiger partial charge in [0.15, 0.2) is 5.65 Å². The van der Waals surface area contributed by atoms with Crippen LogP contribution in [0.3, 0.4) is 0 Å². The second kappa shape index (κ2) is 9.61. The van der Waals surface area contributed by atoms with E-state index in [-0.39, 0.29) is 36.2 Å². The zero-order chi connectivity index (χ0) is 28.2. The zero-order valence-electron chi connectivity index (χ0n) is 22.6. The molecule has 2 aliphatic carbocycles. The van der Waals surface area contributed by atoms with Crippen LogP contribution in [0.15, 0.2) is 43.2 Å². The van der Waals surface area contributed by atoms with E-state index in [0.29, 0.717) is 35.4 Å². The second-order valence-corrected chi connectivity index (χ2v) is 10.9. The second-order valence-electron chi connectivity index (χ2n) is 10.9. The Kier molecular flexibility index (Phi) is 5.87. The van der Waals surface area contributed by atoms with Crippen molar-refractivity contribution in [3.05, 3.63) is 65.9 Å². The fraction of sp³-hybridized carbons (Fsp3) is 0.357. The van der Waals surface area contributed by atoms with Crippen molar-refractivity contribution in [1.29, 1.82) is 0 Å². The molecule has 4 amide bonds. The van der Waals surface area contributed by atoms with Crippen molar-refractivity contribution in [3.8, 4) is 0 Å². The monoisotopic (exact) mass is 552 g/mol. The van der Waals surface area contributed by atoms with Crippen LogP contribution in [0.5, 0.6) is 0 Å². The quantitative estimate of drug-likeness (QED) is 0.315. The normalized spacial score (nSPS) is 20.1. The van der Waals surface area contributed by atoms with Crippen LogP contribution in [0, 0.1) is 12.8 Å². The highest BCUT2D eigenvalue weighted by Crippen LogP contribution is 2.47. The summed E-state index contributed by atoms with van der Waals surface area (Å²) in [6, 6.07) is 3.31. The van der Waals surface area contributed by atoms with Gasteiger partial charge in [0.1, 0.15) is 24.5 Å². The number of rotatable bonds is 8. The van der Waals surface area contributed by atoms with Gasteiger partial charge in [-0.3, -0.25) is 29.4 Å². The van der Waals surface area contributed by atoms with Crippen LogP contribution in [-0.4, -0.2) is 65.7 Å². The number of imide groups is 1. The predicted octanol–water partition coefficient (Wildman–Crippen LogP) is 2.85. The van der Waals surface area contributed by atoms with Gasteiger partial charge in [-0.05, 0) is 43.7 Å². The number of hydrogen-bond acceptors (Lipinski definition) is 9. The minimum Gasteiger partial charge on any atom is -0.364 e. The maximum absolute atomic E-state index is 12.8. The van der Waals surface area contributed by atoms with Gasteiger partial charge in [-0.15, -0.1) is 0 Å². The van der Waals surface area contributed by atoms with Crippen molar-refractivity contribution in [3.63, 3.8) is 0 Å². The largest absolute Gasteiger partial charge is 0.364 e. The number of amides is 4. The van der Waals surface area contributed by atoms with E-state index in [1.165, 1.54) is 18.3 Å². The molecule has 3 fully saturated rings. The smallest absolute Gasteiger partial charge is 0.331 e. The van der Waals surface area contributed by atoms with Crippen molar-refractivity contribution < 1.29 is 14.4 Å². The minimum atomic E-state index is -0.354. The Morgan fingerprint density at radius 2 is 1.90 bits per heavy atom. The van der Waals surface area contributed by atoms with Gasteiger partial charge in [-0.2, -0.15) is 0 Å². The molecule has 1 aliphatic heterocycles. The fourth-order valence-electron chi connectivity index (χ4n) is 5.26. The molecule has 2 N–H and O–H groups in total. The van der Waals surface area contributed by atoms with Crippen LogP contribution in [0.25, 0.3) is 5.65 Å². The number of aromatic nitrogens is 6. The Labute approximate surface area is 235 Å². The van der Waals surface area contributed by atoms with E-state index in [4.69, 9.17) is 4.98 Å². The van der Waals surface area contributed by atoms with E-state index >= 15 is 0 Å². The summed E-state index contributed by atoms with van der Waals surface area (Å²) >= 11 is 0. The van der Waals surface area contributed by atoms with Crippen LogP contribution < -0.4 is 15.5 Å². The number of carbonyl (C=O) groups excluding carboxylic acids is 3. The number of aryl methyl sites for hydroxylation is 1. The predicted molar refractivity (Wildman–Crippen MR) is 148 cm³/mol. The number of urea groups is 1. The highest BCUT2D eigenvalue weighted by Gasteiger charge is 2.45. The van der Waals surface area contributed by atoms with Gasteiger partial charge in [-0.25, -0.2) is 19.7 Å². The minimum absolute atomic E-state index is 0.00498. The number of carbonyl (C=O) groups is 3. The molecule has 13 nitrogen and oxygen atoms in total. The number of imidazole rings is 1. The SMILES string of the molecule is Cc1cncc(C2CC2C(=O)Nc2cc(NCc3cn4cc(C5CC5)cc(N5CC(=O)N(C)C5=O)c4n3)ncn2)n1. The molecule has 4 aromatic rings. The Bertz CT molecular complexity index is 1710. The van der Waals surface area contributed by atoms with Crippen molar-refractivity contribution in [2.45, 2.75) is 44.6 Å². The Morgan fingerprint density at radius 3 is 2.66 bits per heavy atom. The lowest BCUT2D eigenvalue weighted by molar-refractivity contribution is -0.124. The summed E-state index contributed by atoms with van der Waals surface area (Å²) in [4.78, 5) is 62.3. The lowest BCUT2D eigenvalue weighted by Crippen LogP contribution is -2.30. The summed E-state index contributed by atoms with van der Waals surface area (Å²) in [5.41, 5.74) is 4.76. The number of hydrogen-bond donors (Lipinski definition) is 2. The summed E-state index contributed by atoms with van der Waals surface area (Å²) in [6.07, 6.45) is 11.7. The number of fused-ring (bicyclic) bond motifs is 1. The molecule has 2 unspecified atom stereocenters. The molecule has 1 saturated heterocycles. The third kappa shape index (κ3) is 4.83. The van der Waals surface area contributed by atoms with E-state index in [1.54, 1.807) is 18.5 Å². The molecular formula is C28H28N10O3. The van der Waals surface area contributed by atoms with Gasteiger partial charge in [-0.1, -0.05) is 0 Å². The first-order valence-electron chi connectivity index (χ1n) is 13.6. The highest BCUT2D eigenvalue weighted by molar-refractivity contribution is 6.13. The number of nitrogens with zero attached hydrogens (tertiary/aromatic N) is 8. The first-order chi connectivity index (χ1) is 19.8. The van der Waals surface area contributed by atoms with Crippen LogP contribution in [-0.2, 0) is 16.1 Å². The van der Waals surface area contributed by atoms with Crippen LogP contribution in [0.1, 0.15) is 53.7 Å². The first-order valence-corrected chi connectivity index (χ1v) is 13.6. The molecule has 0 spiro atoms. The average Bonchev–Trinajstić information content (AvgIpc) is 3.89. The van der Waals surface area contributed by atoms with E-state index in [2.05, 4.69) is 30.6 Å². The van der Waals surface area contributed by atoms with Crippen molar-refractivity contribution in [2.75, 3.05) is 29.1 Å². The molecule has 2 saturated carbocycles. The van der Waals surface area contributed by atoms with E-state index in [1.807, 2.05) is 29.8 Å². The Balaban J connectivity index is 1.05. The molecule has 0 radical (unpaired) electrons. The van der Waals surface area contributed by atoms with Gasteiger partial charge in [0.25, 0.3) is 0 Å². The highest BCUT2D eigenvalue weighted by atomic mass is 16.2. The molecule has 7 rings (SSSR count). The maximum Gasteiger partial charge on any atom is 0.331 e. The Hall–Kier alpha value is -4.94. The summed E-state index contributed by atoms with van der Waals surface area (Å²) in [5.74, 6) is 0.943. The first kappa shape index (κ1) is 25.1. The standard InChI is InChI=1S/C28H28N10O3/c1-15-8-29-10-21(33-15)19-6-20(19)27(40)35-24-7-23(31-14-32-24)30-9-18-12-37-11-17(16-3-4-16)5-22(26(37)34-18)38-13-25(39)36(2)28(38)41/h5,7-8,10-12,14,16,19-20H,3-4,6,9,13H2,1-2H3,(H2,30,31,32,35,40). The summed E-state index contributed by atoms with van der Waals surface area (Å²) in [7, 11) is 1.49. The number of likely N-dealkylation sites (N-methyl/N-ethyl adjacent to an activating group) is 1. The van der Waals surface area contributed by atoms with Crippen LogP contribution in [0.2, 0.25) is 0 Å². The van der Waals surface area contributed by atoms with Gasteiger partial charge in [0, 0.05) is 49.7 Å². The number of pyridine rings is 1. The maximum atomic E-state index is 12.8. The molecule has 0 aromatic carbocycles.